The Labute approximate surface area is 144 Å². The van der Waals surface area contributed by atoms with Gasteiger partial charge in [-0.1, -0.05) is 38.5 Å². The highest BCUT2D eigenvalue weighted by Crippen LogP contribution is 2.40. The Kier molecular flexibility index (Phi) is 6.41. The zero-order chi connectivity index (χ0) is 18.5. The lowest BCUT2D eigenvalue weighted by molar-refractivity contribution is -0.156. The molecule has 0 aliphatic heterocycles. The van der Waals surface area contributed by atoms with Gasteiger partial charge in [0.2, 0.25) is 5.91 Å². The van der Waals surface area contributed by atoms with E-state index in [-0.39, 0.29) is 30.4 Å². The first-order valence-electron chi connectivity index (χ1n) is 8.33. The van der Waals surface area contributed by atoms with Gasteiger partial charge in [0.05, 0.1) is 5.41 Å². The summed E-state index contributed by atoms with van der Waals surface area (Å²) in [6.45, 7) is 9.34. The van der Waals surface area contributed by atoms with Gasteiger partial charge in [0.15, 0.2) is 0 Å². The molecular weight excluding hydrogens is 306 g/mol. The van der Waals surface area contributed by atoms with Crippen LogP contribution in [0.1, 0.15) is 53.0 Å². The molecule has 1 rings (SSSR count). The normalized spacial score (nSPS) is 15.4. The first-order chi connectivity index (χ1) is 11.0. The number of carboxylic acid groups (broad SMARTS) is 1. The van der Waals surface area contributed by atoms with Crippen LogP contribution in [-0.2, 0) is 16.0 Å². The molecule has 134 valence electrons. The molecule has 2 unspecified atom stereocenters. The number of phenolic OH excluding ortho intramolecular Hbond substituents is 1. The average Bonchev–Trinajstić information content (AvgIpc) is 2.45. The Balaban J connectivity index is 3.22. The number of aliphatic carboxylic acids is 1. The molecule has 0 aliphatic carbocycles. The van der Waals surface area contributed by atoms with E-state index in [0.717, 1.165) is 0 Å². The third-order valence-electron chi connectivity index (χ3n) is 4.47. The van der Waals surface area contributed by atoms with E-state index >= 15 is 0 Å². The van der Waals surface area contributed by atoms with E-state index in [1.54, 1.807) is 18.2 Å². The molecule has 0 bridgehead atoms. The molecule has 0 aliphatic rings. The van der Waals surface area contributed by atoms with Gasteiger partial charge in [0.1, 0.15) is 5.75 Å². The molecule has 0 radical (unpaired) electrons. The van der Waals surface area contributed by atoms with Gasteiger partial charge >= 0.3 is 5.97 Å². The number of hydrogen-bond acceptors (Lipinski definition) is 3. The highest BCUT2D eigenvalue weighted by Gasteiger charge is 2.45. The quantitative estimate of drug-likeness (QED) is 0.713. The maximum absolute atomic E-state index is 12.4. The number of phenols is 1. The molecule has 0 heterocycles. The Hall–Kier alpha value is -2.04. The summed E-state index contributed by atoms with van der Waals surface area (Å²) in [6.07, 6.45) is 0.618. The molecule has 2 atom stereocenters. The molecule has 24 heavy (non-hydrogen) atoms. The summed E-state index contributed by atoms with van der Waals surface area (Å²) in [5.41, 5.74) is -1.14. The molecule has 5 heteroatoms. The Bertz CT molecular complexity index is 591. The second kappa shape index (κ2) is 7.69. The van der Waals surface area contributed by atoms with Crippen molar-refractivity contribution in [3.8, 4) is 5.75 Å². The minimum atomic E-state index is -1.26. The van der Waals surface area contributed by atoms with Crippen LogP contribution in [0.3, 0.4) is 0 Å². The van der Waals surface area contributed by atoms with E-state index in [1.165, 1.54) is 6.07 Å². The number of amides is 1. The first kappa shape index (κ1) is 20.0. The highest BCUT2D eigenvalue weighted by molar-refractivity contribution is 5.86. The number of benzene rings is 1. The SMILES string of the molecule is CCC(C)C(CC(=O)NC(C)(C)C)(Cc1ccccc1O)C(=O)O. The van der Waals surface area contributed by atoms with E-state index in [9.17, 15) is 19.8 Å². The largest absolute Gasteiger partial charge is 0.508 e. The monoisotopic (exact) mass is 335 g/mol. The second-order valence-electron chi connectivity index (χ2n) is 7.55. The molecule has 1 amide bonds. The molecule has 3 N–H and O–H groups in total. The Morgan fingerprint density at radius 2 is 1.79 bits per heavy atom. The number of rotatable bonds is 7. The van der Waals surface area contributed by atoms with Crippen LogP contribution in [0, 0.1) is 11.3 Å². The van der Waals surface area contributed by atoms with Crippen molar-refractivity contribution in [1.82, 2.24) is 5.32 Å². The summed E-state index contributed by atoms with van der Waals surface area (Å²) in [5, 5.41) is 22.8. The van der Waals surface area contributed by atoms with Crippen molar-refractivity contribution in [2.75, 3.05) is 0 Å². The van der Waals surface area contributed by atoms with Gasteiger partial charge in [-0.15, -0.1) is 0 Å². The molecule has 0 fully saturated rings. The smallest absolute Gasteiger partial charge is 0.310 e. The van der Waals surface area contributed by atoms with Gasteiger partial charge in [0, 0.05) is 12.0 Å². The molecule has 5 nitrogen and oxygen atoms in total. The highest BCUT2D eigenvalue weighted by atomic mass is 16.4. The van der Waals surface area contributed by atoms with Crippen LogP contribution in [-0.4, -0.2) is 27.6 Å². The Morgan fingerprint density at radius 1 is 1.21 bits per heavy atom. The lowest BCUT2D eigenvalue weighted by Crippen LogP contribution is -2.47. The van der Waals surface area contributed by atoms with E-state index < -0.39 is 16.9 Å². The number of carboxylic acids is 1. The number of hydrogen-bond donors (Lipinski definition) is 3. The lowest BCUT2D eigenvalue weighted by Gasteiger charge is -2.35. The molecule has 1 aromatic carbocycles. The van der Waals surface area contributed by atoms with Crippen LogP contribution in [0.2, 0.25) is 0 Å². The third kappa shape index (κ3) is 4.98. The van der Waals surface area contributed by atoms with E-state index in [2.05, 4.69) is 5.32 Å². The second-order valence-corrected chi connectivity index (χ2v) is 7.55. The van der Waals surface area contributed by atoms with Crippen LogP contribution < -0.4 is 5.32 Å². The van der Waals surface area contributed by atoms with Crippen molar-refractivity contribution in [3.05, 3.63) is 29.8 Å². The predicted octanol–water partition coefficient (Wildman–Crippen LogP) is 3.36. The van der Waals surface area contributed by atoms with Crippen LogP contribution >= 0.6 is 0 Å². The van der Waals surface area contributed by atoms with Crippen LogP contribution in [0.5, 0.6) is 5.75 Å². The van der Waals surface area contributed by atoms with Crippen molar-refractivity contribution in [2.45, 2.75) is 59.4 Å². The molecule has 0 aromatic heterocycles. The predicted molar refractivity (Wildman–Crippen MR) is 93.8 cm³/mol. The summed E-state index contributed by atoms with van der Waals surface area (Å²) in [5.74, 6) is -1.47. The minimum absolute atomic E-state index is 0.0580. The average molecular weight is 335 g/mol. The van der Waals surface area contributed by atoms with Crippen LogP contribution in [0.25, 0.3) is 0 Å². The lowest BCUT2D eigenvalue weighted by atomic mass is 9.68. The third-order valence-corrected chi connectivity index (χ3v) is 4.47. The Morgan fingerprint density at radius 3 is 2.25 bits per heavy atom. The summed E-state index contributed by atoms with van der Waals surface area (Å²) in [4.78, 5) is 24.6. The standard InChI is InChI=1S/C19H29NO4/c1-6-13(2)19(17(23)24,12-16(22)20-18(3,4)5)11-14-9-7-8-10-15(14)21/h7-10,13,21H,6,11-12H2,1-5H3,(H,20,22)(H,23,24). The molecule has 1 aromatic rings. The summed E-state index contributed by atoms with van der Waals surface area (Å²) in [7, 11) is 0. The van der Waals surface area contributed by atoms with Crippen LogP contribution in [0.4, 0.5) is 0 Å². The fourth-order valence-corrected chi connectivity index (χ4v) is 2.91. The van der Waals surface area contributed by atoms with Crippen molar-refractivity contribution in [1.29, 1.82) is 0 Å². The van der Waals surface area contributed by atoms with Crippen LogP contribution in [0.15, 0.2) is 24.3 Å². The first-order valence-corrected chi connectivity index (χ1v) is 8.33. The number of carbonyl (C=O) groups is 2. The van der Waals surface area contributed by atoms with E-state index in [4.69, 9.17) is 0 Å². The van der Waals surface area contributed by atoms with Crippen molar-refractivity contribution in [3.63, 3.8) is 0 Å². The molecule has 0 spiro atoms. The summed E-state index contributed by atoms with van der Waals surface area (Å²) >= 11 is 0. The van der Waals surface area contributed by atoms with Gasteiger partial charge in [-0.05, 0) is 44.7 Å². The maximum Gasteiger partial charge on any atom is 0.310 e. The molecule has 0 saturated heterocycles. The fourth-order valence-electron chi connectivity index (χ4n) is 2.91. The zero-order valence-electron chi connectivity index (χ0n) is 15.2. The van der Waals surface area contributed by atoms with Gasteiger partial charge in [-0.2, -0.15) is 0 Å². The van der Waals surface area contributed by atoms with E-state index in [0.29, 0.717) is 12.0 Å². The number of carbonyl (C=O) groups excluding carboxylic acids is 1. The van der Waals surface area contributed by atoms with Crippen molar-refractivity contribution < 1.29 is 19.8 Å². The number of nitrogens with one attached hydrogen (secondary N) is 1. The maximum atomic E-state index is 12.4. The summed E-state index contributed by atoms with van der Waals surface area (Å²) in [6, 6.07) is 6.69. The number of aromatic hydroxyl groups is 1. The molecule has 0 saturated carbocycles. The van der Waals surface area contributed by atoms with E-state index in [1.807, 2.05) is 34.6 Å². The van der Waals surface area contributed by atoms with Gasteiger partial charge in [-0.3, -0.25) is 9.59 Å². The van der Waals surface area contributed by atoms with Crippen molar-refractivity contribution >= 4 is 11.9 Å². The van der Waals surface area contributed by atoms with Gasteiger partial charge < -0.3 is 15.5 Å². The van der Waals surface area contributed by atoms with Gasteiger partial charge in [0.25, 0.3) is 0 Å². The molecular formula is C19H29NO4. The zero-order valence-corrected chi connectivity index (χ0v) is 15.2. The number of para-hydroxylation sites is 1. The topological polar surface area (TPSA) is 86.6 Å². The van der Waals surface area contributed by atoms with Crippen molar-refractivity contribution in [2.24, 2.45) is 11.3 Å². The van der Waals surface area contributed by atoms with Gasteiger partial charge in [-0.25, -0.2) is 0 Å². The minimum Gasteiger partial charge on any atom is -0.508 e. The fraction of sp³-hybridized carbons (Fsp3) is 0.579. The summed E-state index contributed by atoms with van der Waals surface area (Å²) < 4.78 is 0.